The summed E-state index contributed by atoms with van der Waals surface area (Å²) in [6, 6.07) is 10.9. The van der Waals surface area contributed by atoms with Crippen LogP contribution in [0.4, 0.5) is 0 Å². The third-order valence-corrected chi connectivity index (χ3v) is 3.07. The molecule has 0 heterocycles. The van der Waals surface area contributed by atoms with Gasteiger partial charge in [0.2, 0.25) is 0 Å². The molecule has 1 aromatic carbocycles. The highest BCUT2D eigenvalue weighted by Crippen LogP contribution is 2.37. The second kappa shape index (κ2) is 3.51. The van der Waals surface area contributed by atoms with Gasteiger partial charge in [-0.3, -0.25) is 0 Å². The third kappa shape index (κ3) is 1.92. The fraction of sp³-hybridized carbons (Fsp3) is 0.500. The Morgan fingerprint density at radius 2 is 1.85 bits per heavy atom. The Bertz CT molecular complexity index is 264. The van der Waals surface area contributed by atoms with Crippen molar-refractivity contribution in [2.24, 2.45) is 11.7 Å². The van der Waals surface area contributed by atoms with Crippen molar-refractivity contribution < 1.29 is 0 Å². The van der Waals surface area contributed by atoms with Crippen molar-refractivity contribution in [1.82, 2.24) is 0 Å². The van der Waals surface area contributed by atoms with E-state index in [4.69, 9.17) is 5.73 Å². The molecule has 2 rings (SSSR count). The van der Waals surface area contributed by atoms with Crippen LogP contribution in [0.1, 0.15) is 31.2 Å². The first kappa shape index (κ1) is 8.76. The summed E-state index contributed by atoms with van der Waals surface area (Å²) < 4.78 is 0. The lowest BCUT2D eigenvalue weighted by Gasteiger charge is -2.19. The normalized spacial score (nSPS) is 21.1. The van der Waals surface area contributed by atoms with E-state index in [2.05, 4.69) is 37.3 Å². The van der Waals surface area contributed by atoms with Crippen molar-refractivity contribution in [3.63, 3.8) is 0 Å². The molecule has 1 aliphatic carbocycles. The largest absolute Gasteiger partial charge is 0.327 e. The Morgan fingerprint density at radius 1 is 1.23 bits per heavy atom. The zero-order chi connectivity index (χ0) is 9.26. The van der Waals surface area contributed by atoms with Crippen LogP contribution < -0.4 is 5.73 Å². The highest BCUT2D eigenvalue weighted by Gasteiger charge is 2.32. The van der Waals surface area contributed by atoms with Gasteiger partial charge < -0.3 is 5.73 Å². The van der Waals surface area contributed by atoms with E-state index in [1.165, 1.54) is 18.4 Å². The predicted octanol–water partition coefficient (Wildman–Crippen LogP) is 2.53. The van der Waals surface area contributed by atoms with Gasteiger partial charge >= 0.3 is 0 Å². The van der Waals surface area contributed by atoms with Crippen LogP contribution in [-0.4, -0.2) is 6.04 Å². The molecule has 0 saturated heterocycles. The number of hydrogen-bond donors (Lipinski definition) is 1. The van der Waals surface area contributed by atoms with Gasteiger partial charge in [-0.25, -0.2) is 0 Å². The van der Waals surface area contributed by atoms with Crippen LogP contribution in [0, 0.1) is 5.92 Å². The maximum Gasteiger partial charge on any atom is 0.0134 e. The summed E-state index contributed by atoms with van der Waals surface area (Å²) in [5.41, 5.74) is 7.53. The summed E-state index contributed by atoms with van der Waals surface area (Å²) in [7, 11) is 0. The third-order valence-electron chi connectivity index (χ3n) is 3.07. The van der Waals surface area contributed by atoms with E-state index in [1.807, 2.05) is 0 Å². The molecule has 0 amide bonds. The van der Waals surface area contributed by atoms with E-state index in [-0.39, 0.29) is 0 Å². The summed E-state index contributed by atoms with van der Waals surface area (Å²) >= 11 is 0. The monoisotopic (exact) mass is 175 g/mol. The first-order chi connectivity index (χ1) is 6.29. The molecule has 2 unspecified atom stereocenters. The Hall–Kier alpha value is -0.820. The number of nitrogens with two attached hydrogens (primary N) is 1. The van der Waals surface area contributed by atoms with Crippen LogP contribution >= 0.6 is 0 Å². The molecule has 1 fully saturated rings. The van der Waals surface area contributed by atoms with Crippen LogP contribution in [0.3, 0.4) is 0 Å². The lowest BCUT2D eigenvalue weighted by molar-refractivity contribution is 0.510. The summed E-state index contributed by atoms with van der Waals surface area (Å²) in [5.74, 6) is 1.30. The molecule has 70 valence electrons. The first-order valence-corrected chi connectivity index (χ1v) is 5.09. The van der Waals surface area contributed by atoms with E-state index in [0.717, 1.165) is 5.92 Å². The average molecular weight is 175 g/mol. The van der Waals surface area contributed by atoms with E-state index < -0.39 is 0 Å². The van der Waals surface area contributed by atoms with E-state index in [9.17, 15) is 0 Å². The molecule has 0 aromatic heterocycles. The minimum Gasteiger partial charge on any atom is -0.327 e. The Labute approximate surface area is 80.0 Å². The molecule has 0 bridgehead atoms. The first-order valence-electron chi connectivity index (χ1n) is 5.09. The van der Waals surface area contributed by atoms with E-state index in [0.29, 0.717) is 12.0 Å². The minimum atomic E-state index is 0.363. The van der Waals surface area contributed by atoms with Crippen molar-refractivity contribution in [3.05, 3.63) is 35.9 Å². The summed E-state index contributed by atoms with van der Waals surface area (Å²) in [4.78, 5) is 0. The van der Waals surface area contributed by atoms with Gasteiger partial charge in [0, 0.05) is 6.04 Å². The van der Waals surface area contributed by atoms with Gasteiger partial charge in [-0.1, -0.05) is 37.3 Å². The van der Waals surface area contributed by atoms with Crippen LogP contribution in [0.25, 0.3) is 0 Å². The Balaban J connectivity index is 2.07. The Kier molecular flexibility index (Phi) is 2.36. The van der Waals surface area contributed by atoms with Gasteiger partial charge in [-0.05, 0) is 30.2 Å². The van der Waals surface area contributed by atoms with Gasteiger partial charge in [0.05, 0.1) is 0 Å². The standard InChI is InChI=1S/C12H17N/c1-9(12(13)11-7-8-11)10-5-3-2-4-6-10/h2-6,9,11-12H,7-8,13H2,1H3. The minimum absolute atomic E-state index is 0.363. The highest BCUT2D eigenvalue weighted by molar-refractivity contribution is 5.21. The maximum atomic E-state index is 6.15. The lowest BCUT2D eigenvalue weighted by Crippen LogP contribution is -2.28. The van der Waals surface area contributed by atoms with Crippen molar-refractivity contribution in [3.8, 4) is 0 Å². The molecule has 1 saturated carbocycles. The van der Waals surface area contributed by atoms with Gasteiger partial charge in [0.1, 0.15) is 0 Å². The van der Waals surface area contributed by atoms with Crippen LogP contribution in [0.15, 0.2) is 30.3 Å². The highest BCUT2D eigenvalue weighted by atomic mass is 14.7. The van der Waals surface area contributed by atoms with E-state index in [1.54, 1.807) is 0 Å². The van der Waals surface area contributed by atoms with Crippen LogP contribution in [0.2, 0.25) is 0 Å². The van der Waals surface area contributed by atoms with Gasteiger partial charge in [-0.2, -0.15) is 0 Å². The molecule has 0 aliphatic heterocycles. The van der Waals surface area contributed by atoms with Gasteiger partial charge in [-0.15, -0.1) is 0 Å². The molecular formula is C12H17N. The quantitative estimate of drug-likeness (QED) is 0.750. The summed E-state index contributed by atoms with van der Waals surface area (Å²) in [5, 5.41) is 0. The number of hydrogen-bond acceptors (Lipinski definition) is 1. The maximum absolute atomic E-state index is 6.15. The van der Waals surface area contributed by atoms with Crippen molar-refractivity contribution in [2.75, 3.05) is 0 Å². The van der Waals surface area contributed by atoms with Gasteiger partial charge in [0.25, 0.3) is 0 Å². The molecule has 1 aromatic rings. The number of benzene rings is 1. The van der Waals surface area contributed by atoms with Crippen LogP contribution in [0.5, 0.6) is 0 Å². The molecule has 2 atom stereocenters. The zero-order valence-corrected chi connectivity index (χ0v) is 8.11. The van der Waals surface area contributed by atoms with Crippen molar-refractivity contribution in [2.45, 2.75) is 31.7 Å². The molecule has 0 radical (unpaired) electrons. The molecule has 1 aliphatic rings. The zero-order valence-electron chi connectivity index (χ0n) is 8.11. The van der Waals surface area contributed by atoms with Crippen molar-refractivity contribution in [1.29, 1.82) is 0 Å². The average Bonchev–Trinajstić information content (AvgIpc) is 3.00. The second-order valence-corrected chi connectivity index (χ2v) is 4.11. The topological polar surface area (TPSA) is 26.0 Å². The van der Waals surface area contributed by atoms with Crippen LogP contribution in [-0.2, 0) is 0 Å². The molecule has 0 spiro atoms. The number of rotatable bonds is 3. The van der Waals surface area contributed by atoms with Gasteiger partial charge in [0.15, 0.2) is 0 Å². The van der Waals surface area contributed by atoms with Crippen molar-refractivity contribution >= 4 is 0 Å². The SMILES string of the molecule is CC(c1ccccc1)C(N)C1CC1. The smallest absolute Gasteiger partial charge is 0.0134 e. The molecule has 1 heteroatoms. The molecular weight excluding hydrogens is 158 g/mol. The fourth-order valence-electron chi connectivity index (χ4n) is 1.87. The second-order valence-electron chi connectivity index (χ2n) is 4.11. The molecule has 13 heavy (non-hydrogen) atoms. The molecule has 2 N–H and O–H groups in total. The van der Waals surface area contributed by atoms with E-state index >= 15 is 0 Å². The predicted molar refractivity (Wildman–Crippen MR) is 55.6 cm³/mol. The lowest BCUT2D eigenvalue weighted by atomic mass is 9.91. The summed E-state index contributed by atoms with van der Waals surface area (Å²) in [6.45, 7) is 2.23. The summed E-state index contributed by atoms with van der Waals surface area (Å²) in [6.07, 6.45) is 2.66. The Morgan fingerprint density at radius 3 is 2.38 bits per heavy atom. The molecule has 1 nitrogen and oxygen atoms in total. The fourth-order valence-corrected chi connectivity index (χ4v) is 1.87.